The first-order valence-corrected chi connectivity index (χ1v) is 7.86. The van der Waals surface area contributed by atoms with Gasteiger partial charge in [0.2, 0.25) is 0 Å². The number of alkyl halides is 2. The van der Waals surface area contributed by atoms with E-state index >= 15 is 0 Å². The highest BCUT2D eigenvalue weighted by Crippen LogP contribution is 2.29. The molecule has 0 fully saturated rings. The first-order chi connectivity index (χ1) is 12.4. The van der Waals surface area contributed by atoms with Gasteiger partial charge in [0.15, 0.2) is 18.0 Å². The molecule has 0 saturated heterocycles. The number of amides is 1. The first-order valence-electron chi connectivity index (χ1n) is 7.86. The van der Waals surface area contributed by atoms with Gasteiger partial charge in [-0.05, 0) is 36.4 Å². The van der Waals surface area contributed by atoms with Gasteiger partial charge in [0, 0.05) is 11.3 Å². The fourth-order valence-electron chi connectivity index (χ4n) is 2.47. The molecule has 0 aliphatic heterocycles. The van der Waals surface area contributed by atoms with E-state index in [-0.39, 0.29) is 24.0 Å². The summed E-state index contributed by atoms with van der Waals surface area (Å²) in [6.07, 6.45) is 0. The van der Waals surface area contributed by atoms with Gasteiger partial charge in [-0.25, -0.2) is 4.39 Å². The molecule has 1 atom stereocenters. The van der Waals surface area contributed by atoms with E-state index in [1.165, 1.54) is 31.4 Å². The number of benzene rings is 2. The molecule has 2 aromatic carbocycles. The van der Waals surface area contributed by atoms with Crippen LogP contribution in [0.5, 0.6) is 11.5 Å². The van der Waals surface area contributed by atoms with Crippen LogP contribution >= 0.6 is 0 Å². The summed E-state index contributed by atoms with van der Waals surface area (Å²) in [5.74, 6) is -0.549. The molecule has 0 aliphatic rings. The van der Waals surface area contributed by atoms with E-state index < -0.39 is 12.4 Å². The quantitative estimate of drug-likeness (QED) is 0.749. The predicted molar refractivity (Wildman–Crippen MR) is 90.1 cm³/mol. The van der Waals surface area contributed by atoms with Gasteiger partial charge in [-0.2, -0.15) is 8.78 Å². The zero-order valence-corrected chi connectivity index (χ0v) is 14.4. The highest BCUT2D eigenvalue weighted by atomic mass is 19.3. The van der Waals surface area contributed by atoms with E-state index in [1.807, 2.05) is 0 Å². The van der Waals surface area contributed by atoms with Gasteiger partial charge in [0.05, 0.1) is 14.2 Å². The van der Waals surface area contributed by atoms with Gasteiger partial charge in [0.25, 0.3) is 5.91 Å². The molecule has 2 aromatic rings. The number of ether oxygens (including phenoxy) is 2. The predicted octanol–water partition coefficient (Wildman–Crippen LogP) is 2.09. The summed E-state index contributed by atoms with van der Waals surface area (Å²) in [6, 6.07) is 10.3. The maximum Gasteiger partial charge on any atom is 0.387 e. The van der Waals surface area contributed by atoms with Crippen LogP contribution in [0.3, 0.4) is 0 Å². The fourth-order valence-corrected chi connectivity index (χ4v) is 2.47. The number of hydrogen-bond donors (Lipinski definition) is 2. The van der Waals surface area contributed by atoms with Crippen molar-refractivity contribution < 1.29 is 32.3 Å². The molecule has 1 amide bonds. The number of halogens is 3. The number of carbonyl (C=O) groups is 1. The van der Waals surface area contributed by atoms with Gasteiger partial charge in [-0.3, -0.25) is 4.79 Å². The highest BCUT2D eigenvalue weighted by molar-refractivity contribution is 5.91. The third-order valence-electron chi connectivity index (χ3n) is 3.52. The molecule has 2 N–H and O–H groups in total. The van der Waals surface area contributed by atoms with Crippen molar-refractivity contribution in [3.05, 3.63) is 53.8 Å². The Balaban J connectivity index is 1.94. The van der Waals surface area contributed by atoms with Crippen LogP contribution in [0.15, 0.2) is 42.5 Å². The average Bonchev–Trinajstić information content (AvgIpc) is 2.55. The van der Waals surface area contributed by atoms with Crippen molar-refractivity contribution >= 4 is 11.6 Å². The molecular weight excluding hydrogens is 349 g/mol. The molecular formula is C18H20F3N2O3+. The number of quaternary nitrogens is 1. The summed E-state index contributed by atoms with van der Waals surface area (Å²) in [7, 11) is 3.17. The second-order valence-corrected chi connectivity index (χ2v) is 5.73. The lowest BCUT2D eigenvalue weighted by atomic mass is 10.2. The lowest BCUT2D eigenvalue weighted by molar-refractivity contribution is -0.885. The fraction of sp³-hybridized carbons (Fsp3) is 0.278. The van der Waals surface area contributed by atoms with Crippen LogP contribution in [0.1, 0.15) is 5.56 Å². The maximum absolute atomic E-state index is 13.1. The van der Waals surface area contributed by atoms with Crippen molar-refractivity contribution in [1.82, 2.24) is 0 Å². The second kappa shape index (κ2) is 9.10. The van der Waals surface area contributed by atoms with E-state index in [2.05, 4.69) is 10.1 Å². The van der Waals surface area contributed by atoms with Crippen molar-refractivity contribution in [3.63, 3.8) is 0 Å². The summed E-state index contributed by atoms with van der Waals surface area (Å²) in [4.78, 5) is 12.9. The van der Waals surface area contributed by atoms with Crippen molar-refractivity contribution in [2.75, 3.05) is 26.0 Å². The zero-order chi connectivity index (χ0) is 19.1. The van der Waals surface area contributed by atoms with Crippen LogP contribution in [0, 0.1) is 5.82 Å². The Labute approximate surface area is 149 Å². The van der Waals surface area contributed by atoms with Gasteiger partial charge in [0.1, 0.15) is 12.4 Å². The number of nitrogens with one attached hydrogen (secondary N) is 2. The van der Waals surface area contributed by atoms with Crippen molar-refractivity contribution in [2.45, 2.75) is 13.2 Å². The van der Waals surface area contributed by atoms with Crippen LogP contribution in [-0.4, -0.2) is 33.2 Å². The number of rotatable bonds is 8. The summed E-state index contributed by atoms with van der Waals surface area (Å²) in [5.41, 5.74) is 1.18. The Morgan fingerprint density at radius 2 is 1.96 bits per heavy atom. The van der Waals surface area contributed by atoms with E-state index in [4.69, 9.17) is 4.74 Å². The van der Waals surface area contributed by atoms with E-state index in [0.717, 1.165) is 10.5 Å². The Morgan fingerprint density at radius 1 is 1.19 bits per heavy atom. The Hall–Kier alpha value is -2.74. The lowest BCUT2D eigenvalue weighted by Gasteiger charge is -2.16. The van der Waals surface area contributed by atoms with Gasteiger partial charge in [-0.15, -0.1) is 0 Å². The molecule has 8 heteroatoms. The monoisotopic (exact) mass is 369 g/mol. The number of methoxy groups -OCH3 is 1. The highest BCUT2D eigenvalue weighted by Gasteiger charge is 2.15. The SMILES string of the molecule is COc1cc(C[NH+](C)CC(=O)Nc2cccc(F)c2)ccc1OC(F)F. The number of likely N-dealkylation sites (N-methyl/N-ethyl adjacent to an activating group) is 1. The van der Waals surface area contributed by atoms with Crippen LogP contribution in [0.25, 0.3) is 0 Å². The second-order valence-electron chi connectivity index (χ2n) is 5.73. The smallest absolute Gasteiger partial charge is 0.387 e. The molecule has 0 heterocycles. The van der Waals surface area contributed by atoms with Crippen molar-refractivity contribution in [1.29, 1.82) is 0 Å². The first kappa shape index (κ1) is 19.6. The van der Waals surface area contributed by atoms with Crippen molar-refractivity contribution in [2.24, 2.45) is 0 Å². The normalized spacial score (nSPS) is 11.9. The molecule has 140 valence electrons. The minimum atomic E-state index is -2.94. The van der Waals surface area contributed by atoms with E-state index in [9.17, 15) is 18.0 Å². The van der Waals surface area contributed by atoms with Gasteiger partial charge >= 0.3 is 6.61 Å². The van der Waals surface area contributed by atoms with Crippen LogP contribution in [0.4, 0.5) is 18.9 Å². The Morgan fingerprint density at radius 3 is 2.62 bits per heavy atom. The standard InChI is InChI=1S/C18H19F3N2O3/c1-23(11-17(24)22-14-5-3-4-13(19)9-14)10-12-6-7-15(26-18(20)21)16(8-12)25-2/h3-9,18H,10-11H2,1-2H3,(H,22,24)/p+1. The number of anilines is 1. The maximum atomic E-state index is 13.1. The summed E-state index contributed by atoms with van der Waals surface area (Å²) in [6.45, 7) is -2.33. The summed E-state index contributed by atoms with van der Waals surface area (Å²) >= 11 is 0. The molecule has 0 aliphatic carbocycles. The largest absolute Gasteiger partial charge is 0.493 e. The van der Waals surface area contributed by atoms with Crippen LogP contribution < -0.4 is 19.7 Å². The molecule has 5 nitrogen and oxygen atoms in total. The van der Waals surface area contributed by atoms with E-state index in [1.54, 1.807) is 25.2 Å². The molecule has 0 bridgehead atoms. The molecule has 2 rings (SSSR count). The Kier molecular flexibility index (Phi) is 6.85. The van der Waals surface area contributed by atoms with Crippen LogP contribution in [0.2, 0.25) is 0 Å². The molecule has 0 spiro atoms. The van der Waals surface area contributed by atoms with Gasteiger partial charge < -0.3 is 19.7 Å². The lowest BCUT2D eigenvalue weighted by Crippen LogP contribution is -3.08. The third kappa shape index (κ3) is 5.96. The molecule has 0 radical (unpaired) electrons. The molecule has 26 heavy (non-hydrogen) atoms. The van der Waals surface area contributed by atoms with E-state index in [0.29, 0.717) is 12.2 Å². The third-order valence-corrected chi connectivity index (χ3v) is 3.52. The number of carbonyl (C=O) groups excluding carboxylic acids is 1. The molecule has 0 saturated carbocycles. The Bertz CT molecular complexity index is 756. The zero-order valence-electron chi connectivity index (χ0n) is 14.4. The molecule has 0 aromatic heterocycles. The number of hydrogen-bond acceptors (Lipinski definition) is 3. The van der Waals surface area contributed by atoms with Crippen molar-refractivity contribution in [3.8, 4) is 11.5 Å². The topological polar surface area (TPSA) is 52.0 Å². The van der Waals surface area contributed by atoms with Gasteiger partial charge in [-0.1, -0.05) is 6.07 Å². The van der Waals surface area contributed by atoms with Crippen LogP contribution in [-0.2, 0) is 11.3 Å². The average molecular weight is 369 g/mol. The molecule has 1 unspecified atom stereocenters. The summed E-state index contributed by atoms with van der Waals surface area (Å²) in [5, 5.41) is 2.62. The minimum Gasteiger partial charge on any atom is -0.493 e. The minimum absolute atomic E-state index is 0.0484. The summed E-state index contributed by atoms with van der Waals surface area (Å²) < 4.78 is 47.2.